The van der Waals surface area contributed by atoms with Crippen LogP contribution in [0.5, 0.6) is 0 Å². The molecule has 6 heteroatoms. The lowest BCUT2D eigenvalue weighted by atomic mass is 9.93. The minimum atomic E-state index is -0.378. The summed E-state index contributed by atoms with van der Waals surface area (Å²) in [4.78, 5) is 18.4. The standard InChI is InChI=1S/C20H27N5O/c1-24-11-10-23-18(24)14-25(17-12-20(17)6-8-22-9-7-20)13-15-2-4-16(5-3-15)19(21)26/h2-5,10-11,17,22H,6-9,12-14H2,1H3,(H2,21,26)/t17-/m1/s1. The van der Waals surface area contributed by atoms with Gasteiger partial charge in [0.1, 0.15) is 5.82 Å². The molecule has 6 nitrogen and oxygen atoms in total. The second-order valence-corrected chi connectivity index (χ2v) is 7.75. The van der Waals surface area contributed by atoms with Gasteiger partial charge in [0.15, 0.2) is 0 Å². The summed E-state index contributed by atoms with van der Waals surface area (Å²) in [5.41, 5.74) is 7.60. The Hall–Kier alpha value is -2.18. The number of hydrogen-bond acceptors (Lipinski definition) is 4. The van der Waals surface area contributed by atoms with Crippen LogP contribution in [-0.2, 0) is 20.1 Å². The summed E-state index contributed by atoms with van der Waals surface area (Å²) in [5, 5.41) is 3.48. The fourth-order valence-electron chi connectivity index (χ4n) is 4.32. The molecule has 1 saturated carbocycles. The molecular weight excluding hydrogens is 326 g/mol. The number of nitrogens with two attached hydrogens (primary N) is 1. The molecule has 1 aromatic heterocycles. The van der Waals surface area contributed by atoms with Crippen LogP contribution in [0.4, 0.5) is 0 Å². The van der Waals surface area contributed by atoms with Crippen LogP contribution in [0, 0.1) is 5.41 Å². The summed E-state index contributed by atoms with van der Waals surface area (Å²) in [6.07, 6.45) is 7.66. The van der Waals surface area contributed by atoms with E-state index in [1.54, 1.807) is 0 Å². The van der Waals surface area contributed by atoms with Crippen LogP contribution < -0.4 is 11.1 Å². The van der Waals surface area contributed by atoms with E-state index < -0.39 is 0 Å². The molecule has 1 saturated heterocycles. The molecule has 1 spiro atoms. The number of carbonyl (C=O) groups excluding carboxylic acids is 1. The van der Waals surface area contributed by atoms with E-state index in [9.17, 15) is 4.79 Å². The van der Waals surface area contributed by atoms with Crippen molar-refractivity contribution in [2.45, 2.75) is 38.4 Å². The van der Waals surface area contributed by atoms with Crippen molar-refractivity contribution in [3.8, 4) is 0 Å². The van der Waals surface area contributed by atoms with Crippen molar-refractivity contribution in [3.63, 3.8) is 0 Å². The fourth-order valence-corrected chi connectivity index (χ4v) is 4.32. The molecule has 3 N–H and O–H groups in total. The van der Waals surface area contributed by atoms with Crippen molar-refractivity contribution < 1.29 is 4.79 Å². The van der Waals surface area contributed by atoms with Gasteiger partial charge in [-0.25, -0.2) is 4.98 Å². The average molecular weight is 353 g/mol. The zero-order valence-electron chi connectivity index (χ0n) is 15.3. The first-order valence-corrected chi connectivity index (χ1v) is 9.37. The van der Waals surface area contributed by atoms with Gasteiger partial charge in [-0.3, -0.25) is 9.69 Å². The van der Waals surface area contributed by atoms with E-state index in [-0.39, 0.29) is 5.91 Å². The van der Waals surface area contributed by atoms with Gasteiger partial charge in [-0.1, -0.05) is 12.1 Å². The molecule has 138 valence electrons. The highest BCUT2D eigenvalue weighted by Gasteiger charge is 2.56. The smallest absolute Gasteiger partial charge is 0.248 e. The predicted molar refractivity (Wildman–Crippen MR) is 100 cm³/mol. The van der Waals surface area contributed by atoms with Gasteiger partial charge >= 0.3 is 0 Å². The monoisotopic (exact) mass is 353 g/mol. The third-order valence-electron chi connectivity index (χ3n) is 6.08. The minimum Gasteiger partial charge on any atom is -0.366 e. The normalized spacial score (nSPS) is 21.2. The molecule has 2 aromatic rings. The molecule has 0 bridgehead atoms. The minimum absolute atomic E-state index is 0.378. The molecule has 2 heterocycles. The van der Waals surface area contributed by atoms with E-state index in [0.717, 1.165) is 32.0 Å². The lowest BCUT2D eigenvalue weighted by Crippen LogP contribution is -2.36. The van der Waals surface area contributed by atoms with E-state index in [4.69, 9.17) is 5.73 Å². The Balaban J connectivity index is 1.52. The summed E-state index contributed by atoms with van der Waals surface area (Å²) in [7, 11) is 2.05. The molecular formula is C20H27N5O. The SMILES string of the molecule is Cn1ccnc1CN(Cc1ccc(C(N)=O)cc1)[C@@H]1CC12CCNCC2. The highest BCUT2D eigenvalue weighted by atomic mass is 16.1. The lowest BCUT2D eigenvalue weighted by molar-refractivity contribution is 0.100. The van der Waals surface area contributed by atoms with Crippen molar-refractivity contribution >= 4 is 5.91 Å². The van der Waals surface area contributed by atoms with Gasteiger partial charge in [0, 0.05) is 37.6 Å². The summed E-state index contributed by atoms with van der Waals surface area (Å²) in [5.74, 6) is 0.715. The van der Waals surface area contributed by atoms with Gasteiger partial charge in [0.05, 0.1) is 6.54 Å². The molecule has 0 radical (unpaired) electrons. The second kappa shape index (κ2) is 6.85. The Morgan fingerprint density at radius 1 is 1.31 bits per heavy atom. The number of benzene rings is 1. The van der Waals surface area contributed by atoms with Crippen molar-refractivity contribution in [1.82, 2.24) is 19.8 Å². The second-order valence-electron chi connectivity index (χ2n) is 7.75. The van der Waals surface area contributed by atoms with Crippen LogP contribution in [0.15, 0.2) is 36.7 Å². The first-order chi connectivity index (χ1) is 12.6. The number of aryl methyl sites for hydroxylation is 1. The molecule has 1 amide bonds. The number of carbonyl (C=O) groups is 1. The predicted octanol–water partition coefficient (Wildman–Crippen LogP) is 1.66. The van der Waals surface area contributed by atoms with Gasteiger partial charge in [-0.05, 0) is 55.5 Å². The Morgan fingerprint density at radius 3 is 2.65 bits per heavy atom. The molecule has 1 aliphatic carbocycles. The number of rotatable bonds is 6. The number of hydrogen-bond donors (Lipinski definition) is 2. The molecule has 26 heavy (non-hydrogen) atoms. The summed E-state index contributed by atoms with van der Waals surface area (Å²) in [6.45, 7) is 3.97. The number of aromatic nitrogens is 2. The topological polar surface area (TPSA) is 76.2 Å². The zero-order chi connectivity index (χ0) is 18.1. The van der Waals surface area contributed by atoms with Crippen molar-refractivity contribution in [2.24, 2.45) is 18.2 Å². The fraction of sp³-hybridized carbons (Fsp3) is 0.500. The number of piperidine rings is 1. The number of nitrogens with one attached hydrogen (secondary N) is 1. The summed E-state index contributed by atoms with van der Waals surface area (Å²) in [6, 6.07) is 8.29. The Morgan fingerprint density at radius 2 is 2.04 bits per heavy atom. The zero-order valence-corrected chi connectivity index (χ0v) is 15.3. The lowest BCUT2D eigenvalue weighted by Gasteiger charge is -2.29. The van der Waals surface area contributed by atoms with Crippen molar-refractivity contribution in [3.05, 3.63) is 53.6 Å². The molecule has 1 aliphatic heterocycles. The molecule has 4 rings (SSSR count). The maximum Gasteiger partial charge on any atom is 0.248 e. The quantitative estimate of drug-likeness (QED) is 0.828. The maximum atomic E-state index is 11.3. The van der Waals surface area contributed by atoms with Crippen LogP contribution in [-0.4, -0.2) is 39.5 Å². The molecule has 2 fully saturated rings. The number of amides is 1. The van der Waals surface area contributed by atoms with E-state index in [1.807, 2.05) is 36.7 Å². The molecule has 1 aromatic carbocycles. The van der Waals surface area contributed by atoms with Crippen molar-refractivity contribution in [1.29, 1.82) is 0 Å². The first-order valence-electron chi connectivity index (χ1n) is 9.37. The van der Waals surface area contributed by atoms with Crippen LogP contribution >= 0.6 is 0 Å². The highest BCUT2D eigenvalue weighted by molar-refractivity contribution is 5.92. The maximum absolute atomic E-state index is 11.3. The Kier molecular flexibility index (Phi) is 4.54. The van der Waals surface area contributed by atoms with Gasteiger partial charge in [-0.15, -0.1) is 0 Å². The van der Waals surface area contributed by atoms with Crippen molar-refractivity contribution in [2.75, 3.05) is 13.1 Å². The van der Waals surface area contributed by atoms with E-state index >= 15 is 0 Å². The molecule has 1 atom stereocenters. The van der Waals surface area contributed by atoms with Crippen LogP contribution in [0.2, 0.25) is 0 Å². The van der Waals surface area contributed by atoms with E-state index in [2.05, 4.69) is 26.8 Å². The largest absolute Gasteiger partial charge is 0.366 e. The van der Waals surface area contributed by atoms with Gasteiger partial charge in [0.25, 0.3) is 0 Å². The van der Waals surface area contributed by atoms with E-state index in [1.165, 1.54) is 24.8 Å². The third-order valence-corrected chi connectivity index (χ3v) is 6.08. The summed E-state index contributed by atoms with van der Waals surface area (Å²) >= 11 is 0. The van der Waals surface area contributed by atoms with Crippen LogP contribution in [0.1, 0.15) is 41.0 Å². The number of nitrogens with zero attached hydrogens (tertiary/aromatic N) is 3. The molecule has 0 unspecified atom stereocenters. The van der Waals surface area contributed by atoms with Gasteiger partial charge < -0.3 is 15.6 Å². The Bertz CT molecular complexity index is 776. The first kappa shape index (κ1) is 17.2. The number of imidazole rings is 1. The van der Waals surface area contributed by atoms with Crippen LogP contribution in [0.3, 0.4) is 0 Å². The van der Waals surface area contributed by atoms with E-state index in [0.29, 0.717) is 17.0 Å². The van der Waals surface area contributed by atoms with Crippen LogP contribution in [0.25, 0.3) is 0 Å². The molecule has 2 aliphatic rings. The van der Waals surface area contributed by atoms with Gasteiger partial charge in [-0.2, -0.15) is 0 Å². The highest BCUT2D eigenvalue weighted by Crippen LogP contribution is 2.56. The summed E-state index contributed by atoms with van der Waals surface area (Å²) < 4.78 is 2.10. The third kappa shape index (κ3) is 3.39. The average Bonchev–Trinajstić information content (AvgIpc) is 3.17. The number of primary amides is 1. The Labute approximate surface area is 154 Å². The van der Waals surface area contributed by atoms with Gasteiger partial charge in [0.2, 0.25) is 5.91 Å².